The number of rotatable bonds is 5. The fourth-order valence-electron chi connectivity index (χ4n) is 2.81. The van der Waals surface area contributed by atoms with Crippen molar-refractivity contribution in [1.29, 1.82) is 0 Å². The van der Waals surface area contributed by atoms with Crippen LogP contribution in [0.1, 0.15) is 5.56 Å². The Kier molecular flexibility index (Phi) is 6.06. The van der Waals surface area contributed by atoms with Crippen molar-refractivity contribution in [2.24, 2.45) is 0 Å². The average molecular weight is 508 g/mol. The minimum absolute atomic E-state index is 0.177. The predicted molar refractivity (Wildman–Crippen MR) is 114 cm³/mol. The molecule has 1 aliphatic rings. The number of amides is 4. The zero-order valence-electron chi connectivity index (χ0n) is 15.8. The summed E-state index contributed by atoms with van der Waals surface area (Å²) in [6.45, 7) is 0. The molecule has 3 rings (SSSR count). The molecule has 2 aromatic rings. The van der Waals surface area contributed by atoms with Gasteiger partial charge in [-0.15, -0.1) is 0 Å². The van der Waals surface area contributed by atoms with Gasteiger partial charge in [0.1, 0.15) is 11.3 Å². The third-order valence-electron chi connectivity index (χ3n) is 4.20. The van der Waals surface area contributed by atoms with Gasteiger partial charge in [0.25, 0.3) is 11.8 Å². The molecule has 29 heavy (non-hydrogen) atoms. The van der Waals surface area contributed by atoms with Crippen LogP contribution in [0.4, 0.5) is 10.5 Å². The van der Waals surface area contributed by atoms with Gasteiger partial charge in [0.2, 0.25) is 0 Å². The smallest absolute Gasteiger partial charge is 0.335 e. The molecular formula is C20H17IN2O6. The Bertz CT molecular complexity index is 1020. The monoisotopic (exact) mass is 508 g/mol. The number of ether oxygens (including phenoxy) is 3. The number of imide groups is 2. The van der Waals surface area contributed by atoms with E-state index < -0.39 is 17.8 Å². The number of anilines is 1. The van der Waals surface area contributed by atoms with Crippen LogP contribution in [0.2, 0.25) is 0 Å². The number of barbiturate groups is 1. The van der Waals surface area contributed by atoms with E-state index in [1.807, 2.05) is 0 Å². The van der Waals surface area contributed by atoms with E-state index in [9.17, 15) is 14.4 Å². The van der Waals surface area contributed by atoms with Crippen molar-refractivity contribution in [3.05, 3.63) is 51.1 Å². The summed E-state index contributed by atoms with van der Waals surface area (Å²) in [7, 11) is 4.53. The zero-order valence-corrected chi connectivity index (χ0v) is 18.0. The van der Waals surface area contributed by atoms with Gasteiger partial charge >= 0.3 is 6.03 Å². The van der Waals surface area contributed by atoms with Gasteiger partial charge in [0, 0.05) is 0 Å². The molecule has 150 valence electrons. The van der Waals surface area contributed by atoms with E-state index in [1.165, 1.54) is 27.4 Å². The molecule has 1 N–H and O–H groups in total. The quantitative estimate of drug-likeness (QED) is 0.379. The van der Waals surface area contributed by atoms with E-state index in [0.717, 1.165) is 8.47 Å². The molecule has 4 amide bonds. The summed E-state index contributed by atoms with van der Waals surface area (Å²) in [6.07, 6.45) is 1.41. The summed E-state index contributed by atoms with van der Waals surface area (Å²) >= 11 is 2.07. The van der Waals surface area contributed by atoms with Gasteiger partial charge < -0.3 is 14.2 Å². The Morgan fingerprint density at radius 2 is 1.66 bits per heavy atom. The number of nitrogens with zero attached hydrogens (tertiary/aromatic N) is 1. The first-order valence-electron chi connectivity index (χ1n) is 8.36. The van der Waals surface area contributed by atoms with Crippen molar-refractivity contribution in [2.45, 2.75) is 0 Å². The third kappa shape index (κ3) is 4.04. The fourth-order valence-corrected chi connectivity index (χ4v) is 3.66. The number of hydrogen-bond acceptors (Lipinski definition) is 6. The predicted octanol–water partition coefficient (Wildman–Crippen LogP) is 2.98. The largest absolute Gasteiger partial charge is 0.497 e. The van der Waals surface area contributed by atoms with Crippen LogP contribution in [0, 0.1) is 3.57 Å². The molecule has 0 aromatic heterocycles. The van der Waals surface area contributed by atoms with Crippen molar-refractivity contribution >= 4 is 52.2 Å². The van der Waals surface area contributed by atoms with E-state index in [-0.39, 0.29) is 5.57 Å². The molecule has 0 unspecified atom stereocenters. The van der Waals surface area contributed by atoms with Crippen LogP contribution in [-0.4, -0.2) is 39.2 Å². The Morgan fingerprint density at radius 1 is 0.966 bits per heavy atom. The highest BCUT2D eigenvalue weighted by atomic mass is 127. The molecule has 1 fully saturated rings. The maximum absolute atomic E-state index is 13.0. The summed E-state index contributed by atoms with van der Waals surface area (Å²) in [5, 5.41) is 2.19. The lowest BCUT2D eigenvalue weighted by Crippen LogP contribution is -2.54. The summed E-state index contributed by atoms with van der Waals surface area (Å²) in [6, 6.07) is 8.92. The van der Waals surface area contributed by atoms with Crippen molar-refractivity contribution in [1.82, 2.24) is 5.32 Å². The molecular weight excluding hydrogens is 491 g/mol. The second kappa shape index (κ2) is 8.52. The molecule has 2 aromatic carbocycles. The number of halogens is 1. The van der Waals surface area contributed by atoms with Gasteiger partial charge in [-0.1, -0.05) is 0 Å². The first-order chi connectivity index (χ1) is 13.9. The molecule has 8 nitrogen and oxygen atoms in total. The number of urea groups is 1. The lowest BCUT2D eigenvalue weighted by Gasteiger charge is -2.26. The zero-order chi connectivity index (χ0) is 21.1. The molecule has 1 heterocycles. The Labute approximate surface area is 180 Å². The van der Waals surface area contributed by atoms with Crippen molar-refractivity contribution in [2.75, 3.05) is 26.2 Å². The standard InChI is InChI=1S/C20H17IN2O6/c1-27-13-6-4-12(5-7-13)23-19(25)14(18(24)22-20(23)26)8-11-9-15(21)17(29-3)16(10-11)28-2/h4-10H,1-3H3,(H,22,24,26)/b14-8-. The number of carbonyl (C=O) groups excluding carboxylic acids is 3. The van der Waals surface area contributed by atoms with Crippen LogP contribution < -0.4 is 24.4 Å². The van der Waals surface area contributed by atoms with Crippen molar-refractivity contribution in [3.8, 4) is 17.2 Å². The van der Waals surface area contributed by atoms with Gasteiger partial charge in [-0.3, -0.25) is 14.9 Å². The number of nitrogens with one attached hydrogen (secondary N) is 1. The fraction of sp³-hybridized carbons (Fsp3) is 0.150. The van der Waals surface area contributed by atoms with Gasteiger partial charge in [-0.25, -0.2) is 9.69 Å². The summed E-state index contributed by atoms with van der Waals surface area (Å²) < 4.78 is 16.4. The second-order valence-corrected chi connectivity index (χ2v) is 7.06. The second-order valence-electron chi connectivity index (χ2n) is 5.89. The highest BCUT2D eigenvalue weighted by Gasteiger charge is 2.36. The lowest BCUT2D eigenvalue weighted by molar-refractivity contribution is -0.122. The maximum Gasteiger partial charge on any atom is 0.335 e. The van der Waals surface area contributed by atoms with Crippen LogP contribution in [0.25, 0.3) is 6.08 Å². The maximum atomic E-state index is 13.0. The minimum Gasteiger partial charge on any atom is -0.497 e. The molecule has 1 saturated heterocycles. The van der Waals surface area contributed by atoms with Crippen LogP contribution >= 0.6 is 22.6 Å². The van der Waals surface area contributed by atoms with E-state index >= 15 is 0 Å². The van der Waals surface area contributed by atoms with Crippen LogP contribution in [0.15, 0.2) is 42.0 Å². The Morgan fingerprint density at radius 3 is 2.24 bits per heavy atom. The van der Waals surface area contributed by atoms with E-state index in [0.29, 0.717) is 28.5 Å². The summed E-state index contributed by atoms with van der Waals surface area (Å²) in [4.78, 5) is 38.5. The molecule has 0 bridgehead atoms. The number of carbonyl (C=O) groups is 3. The SMILES string of the molecule is COc1ccc(N2C(=O)NC(=O)/C(=C/c3cc(I)c(OC)c(OC)c3)C2=O)cc1. The minimum atomic E-state index is -0.816. The first-order valence-corrected chi connectivity index (χ1v) is 9.44. The highest BCUT2D eigenvalue weighted by molar-refractivity contribution is 14.1. The van der Waals surface area contributed by atoms with E-state index in [2.05, 4.69) is 27.9 Å². The number of methoxy groups -OCH3 is 3. The molecule has 9 heteroatoms. The van der Waals surface area contributed by atoms with E-state index in [1.54, 1.807) is 36.4 Å². The highest BCUT2D eigenvalue weighted by Crippen LogP contribution is 2.34. The molecule has 0 aliphatic carbocycles. The Balaban J connectivity index is 2.02. The van der Waals surface area contributed by atoms with Gasteiger partial charge in [0.05, 0.1) is 30.6 Å². The lowest BCUT2D eigenvalue weighted by atomic mass is 10.1. The molecule has 0 radical (unpaired) electrons. The molecule has 0 atom stereocenters. The van der Waals surface area contributed by atoms with Gasteiger partial charge in [-0.05, 0) is 70.6 Å². The molecule has 0 saturated carbocycles. The van der Waals surface area contributed by atoms with Gasteiger partial charge in [0.15, 0.2) is 11.5 Å². The number of hydrogen-bond donors (Lipinski definition) is 1. The van der Waals surface area contributed by atoms with Gasteiger partial charge in [-0.2, -0.15) is 0 Å². The topological polar surface area (TPSA) is 94.2 Å². The molecule has 1 aliphatic heterocycles. The Hall–Kier alpha value is -3.08. The van der Waals surface area contributed by atoms with Crippen LogP contribution in [-0.2, 0) is 9.59 Å². The average Bonchev–Trinajstić information content (AvgIpc) is 2.71. The van der Waals surface area contributed by atoms with Crippen molar-refractivity contribution < 1.29 is 28.6 Å². The first kappa shape index (κ1) is 20.6. The summed E-state index contributed by atoms with van der Waals surface area (Å²) in [5.74, 6) is 0.0799. The normalized spacial score (nSPS) is 15.4. The van der Waals surface area contributed by atoms with Crippen LogP contribution in [0.3, 0.4) is 0 Å². The van der Waals surface area contributed by atoms with Crippen LogP contribution in [0.5, 0.6) is 17.2 Å². The third-order valence-corrected chi connectivity index (χ3v) is 5.00. The summed E-state index contributed by atoms with van der Waals surface area (Å²) in [5.41, 5.74) is 0.687. The van der Waals surface area contributed by atoms with E-state index in [4.69, 9.17) is 14.2 Å². The number of benzene rings is 2. The van der Waals surface area contributed by atoms with Crippen molar-refractivity contribution in [3.63, 3.8) is 0 Å². The molecule has 0 spiro atoms.